The largest absolute Gasteiger partial charge is 0.449 e. The monoisotopic (exact) mass is 1070 g/mol. The number of rotatable bonds is 10. The minimum atomic E-state index is -7.22. The van der Waals surface area contributed by atoms with Gasteiger partial charge in [-0.05, 0) is 0 Å². The van der Waals surface area contributed by atoms with Crippen LogP contribution >= 0.6 is 23.2 Å². The lowest BCUT2D eigenvalue weighted by atomic mass is 9.12. The van der Waals surface area contributed by atoms with Gasteiger partial charge in [-0.15, -0.1) is 21.9 Å². The van der Waals surface area contributed by atoms with Crippen molar-refractivity contribution in [1.29, 1.82) is 0 Å². The van der Waals surface area contributed by atoms with Gasteiger partial charge in [0.1, 0.15) is 52.7 Å². The molecule has 0 bridgehead atoms. The van der Waals surface area contributed by atoms with E-state index in [2.05, 4.69) is 0 Å². The molecule has 62 heavy (non-hydrogen) atoms. The highest BCUT2D eigenvalue weighted by Crippen LogP contribution is 2.31. The molecule has 4 aromatic carbocycles. The van der Waals surface area contributed by atoms with E-state index >= 15 is 35.1 Å². The average Bonchev–Trinajstić information content (AvgIpc) is 3.89. The molecule has 0 fully saturated rings. The van der Waals surface area contributed by atoms with Gasteiger partial charge in [-0.3, -0.25) is 0 Å². The molecule has 0 aliphatic rings. The molecule has 6 aromatic rings. The lowest BCUT2D eigenvalue weighted by Crippen LogP contribution is -3.61. The van der Waals surface area contributed by atoms with Gasteiger partial charge in [-0.25, -0.2) is 87.8 Å². The normalized spacial score (nSPS) is 11.6. The summed E-state index contributed by atoms with van der Waals surface area (Å²) in [6, 6.07) is 7.30. The Labute approximate surface area is 349 Å². The lowest BCUT2D eigenvalue weighted by molar-refractivity contribution is -0.636. The summed E-state index contributed by atoms with van der Waals surface area (Å²) in [5, 5.41) is 0. The van der Waals surface area contributed by atoms with Crippen LogP contribution in [0.4, 0.5) is 87.8 Å². The van der Waals surface area contributed by atoms with Gasteiger partial charge in [-0.1, -0.05) is 23.2 Å². The molecule has 28 heteroatoms. The molecule has 0 saturated heterocycles. The van der Waals surface area contributed by atoms with Crippen molar-refractivity contribution < 1.29 is 127 Å². The lowest BCUT2D eigenvalue weighted by Gasteiger charge is -2.44. The molecule has 0 saturated carbocycles. The van der Waals surface area contributed by atoms with Crippen LogP contribution in [-0.4, -0.2) is 18.3 Å². The fourth-order valence-electron chi connectivity index (χ4n) is 5.93. The van der Waals surface area contributed by atoms with E-state index in [4.69, 9.17) is 41.5 Å². The van der Waals surface area contributed by atoms with Gasteiger partial charge in [-0.2, -0.15) is 0 Å². The number of hydrogen-bond acceptors (Lipinski definition) is 4. The molecular weight excluding hydrogens is 1060 g/mol. The van der Waals surface area contributed by atoms with Crippen molar-refractivity contribution in [1.82, 2.24) is 0 Å². The van der Waals surface area contributed by atoms with Crippen LogP contribution in [0.15, 0.2) is 33.1 Å². The molecule has 0 unspecified atom stereocenters. The highest BCUT2D eigenvalue weighted by Gasteiger charge is 2.52. The fraction of sp³-hybridized carbons (Fsp3) is 0.0588. The summed E-state index contributed by atoms with van der Waals surface area (Å²) in [5.74, 6) is -70.6. The molecule has 0 spiro atoms. The molecule has 0 aliphatic heterocycles. The zero-order valence-electron chi connectivity index (χ0n) is 28.6. The quantitative estimate of drug-likeness (QED) is 0.0423. The summed E-state index contributed by atoms with van der Waals surface area (Å²) in [4.78, 5) is 0. The maximum absolute atomic E-state index is 15.4. The Balaban J connectivity index is 0.000000355. The van der Waals surface area contributed by atoms with Gasteiger partial charge in [0.2, 0.25) is 0 Å². The van der Waals surface area contributed by atoms with Crippen molar-refractivity contribution in [3.8, 4) is 11.9 Å². The maximum atomic E-state index is 15.4. The number of alkyl halides is 2. The second-order valence-corrected chi connectivity index (χ2v) is 14.6. The Morgan fingerprint density at radius 1 is 0.339 bits per heavy atom. The summed E-state index contributed by atoms with van der Waals surface area (Å²) >= 11 is 10.3. The maximum Gasteiger partial charge on any atom is 0.443 e. The van der Waals surface area contributed by atoms with Crippen molar-refractivity contribution in [3.63, 3.8) is 0 Å². The van der Waals surface area contributed by atoms with Crippen molar-refractivity contribution >= 4 is 51.2 Å². The predicted molar refractivity (Wildman–Crippen MR) is 167 cm³/mol. The van der Waals surface area contributed by atoms with Crippen molar-refractivity contribution in [2.45, 2.75) is 0 Å². The zero-order chi connectivity index (χ0) is 46.4. The Kier molecular flexibility index (Phi) is 14.3. The first-order valence-electron chi connectivity index (χ1n) is 15.5. The Bertz CT molecular complexity index is 2310. The molecule has 6 rings (SSSR count). The van der Waals surface area contributed by atoms with Crippen molar-refractivity contribution in [3.05, 3.63) is 148 Å². The Morgan fingerprint density at radius 2 is 0.532 bits per heavy atom. The van der Waals surface area contributed by atoms with E-state index < -0.39 is 166 Å². The smallest absolute Gasteiger partial charge is 0.443 e. The first kappa shape index (κ1) is 48.1. The second kappa shape index (κ2) is 18.4. The van der Waals surface area contributed by atoms with Gasteiger partial charge in [0.25, 0.3) is 11.9 Å². The van der Waals surface area contributed by atoms with Crippen LogP contribution in [0.5, 0.6) is 11.9 Å². The minimum Gasteiger partial charge on any atom is -0.449 e. The van der Waals surface area contributed by atoms with E-state index in [9.17, 15) is 52.7 Å². The summed E-state index contributed by atoms with van der Waals surface area (Å²) in [7, 11) is 0. The highest BCUT2D eigenvalue weighted by molar-refractivity contribution is 7.20. The van der Waals surface area contributed by atoms with Gasteiger partial charge < -0.3 is 18.3 Å². The first-order valence-corrected chi connectivity index (χ1v) is 18.7. The molecule has 0 aliphatic carbocycles. The number of halogens is 23. The number of hydrogen-bond donors (Lipinski definition) is 0. The second-order valence-electron chi connectivity index (χ2n) is 11.5. The van der Waals surface area contributed by atoms with Crippen LogP contribution in [0.1, 0.15) is 0 Å². The summed E-state index contributed by atoms with van der Waals surface area (Å²) < 4.78 is 316. The standard InChI is InChI=1S/C24BF20.C10H8Cl2IO4/c26-5-1(6(27)14(35)21(42)13(5)34)25(2-7(28)15(36)22(43)16(37)8(2)29,3-9(30)17(38)23(44)18(39)10(3)31)4-11(32)19(40)24(45)20(41)12(4)33;11-5-14-9-3-1-7(16-9)13-8-2-4-10(17-8)15-6-12/h;1-4H,5-6H2/q-1;+1. The molecule has 4 nitrogen and oxygen atoms in total. The van der Waals surface area contributed by atoms with E-state index in [0.717, 1.165) is 7.53 Å². The van der Waals surface area contributed by atoms with Crippen LogP contribution in [0.3, 0.4) is 0 Å². The van der Waals surface area contributed by atoms with Crippen molar-refractivity contribution in [2.24, 2.45) is 0 Å². The van der Waals surface area contributed by atoms with Gasteiger partial charge in [0.05, 0.1) is 0 Å². The van der Waals surface area contributed by atoms with E-state index in [1.807, 2.05) is 12.1 Å². The SMILES string of the molecule is ClCOc1ccc([I+]c2ccc(OCCl)o2)o1.Fc1c(F)c(F)c([B-](c2c(F)c(F)c(F)c(F)c2F)(c2c(F)c(F)c(F)c(F)c2F)c2c(F)c(F)c(F)c(F)c2F)c(F)c1F. The first-order chi connectivity index (χ1) is 29.0. The molecule has 0 N–H and O–H groups in total. The molecule has 332 valence electrons. The van der Waals surface area contributed by atoms with Gasteiger partial charge in [0, 0.05) is 24.3 Å². The summed E-state index contributed by atoms with van der Waals surface area (Å²) in [6.45, 7) is 0. The Morgan fingerprint density at radius 3 is 0.726 bits per heavy atom. The van der Waals surface area contributed by atoms with E-state index in [-0.39, 0.29) is 12.1 Å². The predicted octanol–water partition coefficient (Wildman–Crippen LogP) is 6.00. The van der Waals surface area contributed by atoms with E-state index in [1.54, 1.807) is 12.1 Å². The van der Waals surface area contributed by atoms with Crippen LogP contribution in [0, 0.1) is 124 Å². The van der Waals surface area contributed by atoms with Crippen LogP contribution in [0.2, 0.25) is 0 Å². The highest BCUT2D eigenvalue weighted by atomic mass is 127. The average molecular weight is 1070 g/mol. The van der Waals surface area contributed by atoms with Crippen LogP contribution < -0.4 is 52.5 Å². The molecular formula is C34H8BCl2F20IO4. The van der Waals surface area contributed by atoms with Crippen LogP contribution in [0.25, 0.3) is 0 Å². The molecule has 0 radical (unpaired) electrons. The Hall–Kier alpha value is -4.99. The molecule has 2 heterocycles. The van der Waals surface area contributed by atoms with E-state index in [1.165, 1.54) is 0 Å². The number of benzene rings is 4. The third-order valence-corrected chi connectivity index (χ3v) is 10.8. The molecule has 2 aromatic heterocycles. The number of furan rings is 2. The number of ether oxygens (including phenoxy) is 2. The van der Waals surface area contributed by atoms with Gasteiger partial charge in [0.15, 0.2) is 81.9 Å². The molecule has 0 atom stereocenters. The third-order valence-electron chi connectivity index (χ3n) is 8.38. The van der Waals surface area contributed by atoms with Crippen LogP contribution in [-0.2, 0) is 0 Å². The summed E-state index contributed by atoms with van der Waals surface area (Å²) in [5.41, 5.74) is -14.3. The molecule has 0 amide bonds. The fourth-order valence-corrected chi connectivity index (χ4v) is 8.04. The van der Waals surface area contributed by atoms with Gasteiger partial charge >= 0.3 is 28.7 Å². The van der Waals surface area contributed by atoms with E-state index in [0.29, 0.717) is 11.9 Å². The third kappa shape index (κ3) is 7.85. The zero-order valence-corrected chi connectivity index (χ0v) is 32.3. The topological polar surface area (TPSA) is 44.7 Å². The van der Waals surface area contributed by atoms with Crippen molar-refractivity contribution in [2.75, 3.05) is 12.1 Å². The summed E-state index contributed by atoms with van der Waals surface area (Å²) in [6.07, 6.45) is -7.22. The minimum absolute atomic E-state index is 0.0692.